The van der Waals surface area contributed by atoms with E-state index in [9.17, 15) is 4.39 Å². The molecule has 0 bridgehead atoms. The molecule has 0 aliphatic carbocycles. The Morgan fingerprint density at radius 2 is 2.41 bits per heavy atom. The van der Waals surface area contributed by atoms with Crippen LogP contribution in [0.25, 0.3) is 0 Å². The van der Waals surface area contributed by atoms with E-state index in [-0.39, 0.29) is 5.82 Å². The first-order valence-corrected chi connectivity index (χ1v) is 6.01. The fraction of sp³-hybridized carbons (Fsp3) is 0.538. The van der Waals surface area contributed by atoms with Gasteiger partial charge in [0.1, 0.15) is 18.2 Å². The minimum absolute atomic E-state index is 0.265. The van der Waals surface area contributed by atoms with Crippen LogP contribution >= 0.6 is 0 Å². The summed E-state index contributed by atoms with van der Waals surface area (Å²) < 4.78 is 23.5. The van der Waals surface area contributed by atoms with Crippen molar-refractivity contribution in [1.82, 2.24) is 5.32 Å². The molecule has 3 nitrogen and oxygen atoms in total. The van der Waals surface area contributed by atoms with E-state index < -0.39 is 0 Å². The second-order valence-electron chi connectivity index (χ2n) is 4.24. The van der Waals surface area contributed by atoms with Crippen LogP contribution in [-0.4, -0.2) is 32.9 Å². The van der Waals surface area contributed by atoms with Gasteiger partial charge in [0, 0.05) is 25.8 Å². The van der Waals surface area contributed by atoms with Crippen LogP contribution in [0.15, 0.2) is 24.3 Å². The highest BCUT2D eigenvalue weighted by atomic mass is 19.1. The maximum atomic E-state index is 12.8. The average Bonchev–Trinajstić information content (AvgIpc) is 2.82. The fourth-order valence-electron chi connectivity index (χ4n) is 1.85. The molecule has 0 radical (unpaired) electrons. The predicted octanol–water partition coefficient (Wildman–Crippen LogP) is 1.83. The van der Waals surface area contributed by atoms with Gasteiger partial charge in [0.2, 0.25) is 0 Å². The molecule has 1 unspecified atom stereocenters. The number of halogens is 1. The molecule has 1 N–H and O–H groups in total. The summed E-state index contributed by atoms with van der Waals surface area (Å²) in [6, 6.07) is 6.21. The number of rotatable bonds is 6. The zero-order chi connectivity index (χ0) is 11.9. The van der Waals surface area contributed by atoms with Gasteiger partial charge in [-0.05, 0) is 24.5 Å². The summed E-state index contributed by atoms with van der Waals surface area (Å²) in [5.41, 5.74) is 0. The lowest BCUT2D eigenvalue weighted by Crippen LogP contribution is -2.27. The maximum absolute atomic E-state index is 12.8. The van der Waals surface area contributed by atoms with Crippen molar-refractivity contribution in [3.63, 3.8) is 0 Å². The zero-order valence-corrected chi connectivity index (χ0v) is 9.82. The molecule has 1 saturated heterocycles. The first-order chi connectivity index (χ1) is 8.34. The zero-order valence-electron chi connectivity index (χ0n) is 9.82. The lowest BCUT2D eigenvalue weighted by molar-refractivity contribution is 0.185. The van der Waals surface area contributed by atoms with Gasteiger partial charge in [0.05, 0.1) is 6.61 Å². The number of nitrogens with one attached hydrogen (secondary N) is 1. The normalized spacial score (nSPS) is 19.5. The van der Waals surface area contributed by atoms with E-state index in [4.69, 9.17) is 9.47 Å². The topological polar surface area (TPSA) is 30.5 Å². The van der Waals surface area contributed by atoms with Gasteiger partial charge in [-0.15, -0.1) is 0 Å². The average molecular weight is 239 g/mol. The van der Waals surface area contributed by atoms with E-state index >= 15 is 0 Å². The van der Waals surface area contributed by atoms with Crippen molar-refractivity contribution >= 4 is 0 Å². The molecule has 1 aliphatic rings. The summed E-state index contributed by atoms with van der Waals surface area (Å²) in [5, 5.41) is 3.31. The lowest BCUT2D eigenvalue weighted by atomic mass is 10.1. The fourth-order valence-corrected chi connectivity index (χ4v) is 1.85. The van der Waals surface area contributed by atoms with Gasteiger partial charge in [0.25, 0.3) is 0 Å². The van der Waals surface area contributed by atoms with Gasteiger partial charge in [-0.25, -0.2) is 4.39 Å². The SMILES string of the molecule is Fc1cccc(OCCNCC2CCOC2)c1. The quantitative estimate of drug-likeness (QED) is 0.768. The summed E-state index contributed by atoms with van der Waals surface area (Å²) in [6.07, 6.45) is 1.14. The van der Waals surface area contributed by atoms with Crippen molar-refractivity contribution in [2.75, 3.05) is 32.9 Å². The molecule has 1 aromatic rings. The number of hydrogen-bond acceptors (Lipinski definition) is 3. The van der Waals surface area contributed by atoms with Crippen molar-refractivity contribution in [3.05, 3.63) is 30.1 Å². The van der Waals surface area contributed by atoms with E-state index in [0.29, 0.717) is 18.3 Å². The maximum Gasteiger partial charge on any atom is 0.126 e. The van der Waals surface area contributed by atoms with Crippen LogP contribution in [-0.2, 0) is 4.74 Å². The molecule has 0 saturated carbocycles. The van der Waals surface area contributed by atoms with E-state index in [1.807, 2.05) is 0 Å². The molecule has 1 fully saturated rings. The summed E-state index contributed by atoms with van der Waals surface area (Å²) >= 11 is 0. The molecule has 1 aromatic carbocycles. The Morgan fingerprint density at radius 1 is 1.47 bits per heavy atom. The molecule has 1 atom stereocenters. The Labute approximate surface area is 101 Å². The van der Waals surface area contributed by atoms with Crippen LogP contribution in [0.3, 0.4) is 0 Å². The molecule has 4 heteroatoms. The standard InChI is InChI=1S/C13H18FNO2/c14-12-2-1-3-13(8-12)17-7-5-15-9-11-4-6-16-10-11/h1-3,8,11,15H,4-7,9-10H2. The summed E-state index contributed by atoms with van der Waals surface area (Å²) in [6.45, 7) is 4.03. The van der Waals surface area contributed by atoms with Gasteiger partial charge in [-0.2, -0.15) is 0 Å². The molecule has 0 aromatic heterocycles. The second kappa shape index (κ2) is 6.57. The van der Waals surface area contributed by atoms with Gasteiger partial charge >= 0.3 is 0 Å². The summed E-state index contributed by atoms with van der Waals surface area (Å²) in [4.78, 5) is 0. The van der Waals surface area contributed by atoms with E-state index in [0.717, 1.165) is 32.7 Å². The molecule has 2 rings (SSSR count). The van der Waals surface area contributed by atoms with Crippen molar-refractivity contribution < 1.29 is 13.9 Å². The van der Waals surface area contributed by atoms with Crippen molar-refractivity contribution in [3.8, 4) is 5.75 Å². The molecule has 1 heterocycles. The Kier molecular flexibility index (Phi) is 4.76. The van der Waals surface area contributed by atoms with Crippen LogP contribution in [0.1, 0.15) is 6.42 Å². The third-order valence-electron chi connectivity index (χ3n) is 2.80. The first kappa shape index (κ1) is 12.3. The number of benzene rings is 1. The molecular formula is C13H18FNO2. The van der Waals surface area contributed by atoms with Crippen molar-refractivity contribution in [1.29, 1.82) is 0 Å². The summed E-state index contributed by atoms with van der Waals surface area (Å²) in [7, 11) is 0. The van der Waals surface area contributed by atoms with E-state index in [2.05, 4.69) is 5.32 Å². The van der Waals surface area contributed by atoms with Crippen molar-refractivity contribution in [2.45, 2.75) is 6.42 Å². The number of hydrogen-bond donors (Lipinski definition) is 1. The highest BCUT2D eigenvalue weighted by Crippen LogP contribution is 2.12. The highest BCUT2D eigenvalue weighted by molar-refractivity contribution is 5.22. The third-order valence-corrected chi connectivity index (χ3v) is 2.80. The van der Waals surface area contributed by atoms with Gasteiger partial charge < -0.3 is 14.8 Å². The van der Waals surface area contributed by atoms with Crippen molar-refractivity contribution in [2.24, 2.45) is 5.92 Å². The van der Waals surface area contributed by atoms with Gasteiger partial charge in [0.15, 0.2) is 0 Å². The Bertz CT molecular complexity index is 340. The third kappa shape index (κ3) is 4.32. The van der Waals surface area contributed by atoms with Gasteiger partial charge in [-0.1, -0.05) is 6.07 Å². The monoisotopic (exact) mass is 239 g/mol. The molecule has 0 amide bonds. The smallest absolute Gasteiger partial charge is 0.126 e. The Morgan fingerprint density at radius 3 is 3.18 bits per heavy atom. The Balaban J connectivity index is 1.56. The van der Waals surface area contributed by atoms with E-state index in [1.54, 1.807) is 12.1 Å². The molecule has 17 heavy (non-hydrogen) atoms. The molecule has 0 spiro atoms. The second-order valence-corrected chi connectivity index (χ2v) is 4.24. The largest absolute Gasteiger partial charge is 0.492 e. The first-order valence-electron chi connectivity index (χ1n) is 6.01. The molecule has 94 valence electrons. The minimum atomic E-state index is -0.265. The highest BCUT2D eigenvalue weighted by Gasteiger charge is 2.14. The number of ether oxygens (including phenoxy) is 2. The predicted molar refractivity (Wildman–Crippen MR) is 63.7 cm³/mol. The Hall–Kier alpha value is -1.13. The molecule has 1 aliphatic heterocycles. The van der Waals surface area contributed by atoms with Crippen LogP contribution in [0, 0.1) is 11.7 Å². The lowest BCUT2D eigenvalue weighted by Gasteiger charge is -2.10. The molecular weight excluding hydrogens is 221 g/mol. The van der Waals surface area contributed by atoms with Crippen LogP contribution < -0.4 is 10.1 Å². The van der Waals surface area contributed by atoms with Crippen LogP contribution in [0.5, 0.6) is 5.75 Å². The van der Waals surface area contributed by atoms with Crippen LogP contribution in [0.4, 0.5) is 4.39 Å². The van der Waals surface area contributed by atoms with Crippen LogP contribution in [0.2, 0.25) is 0 Å². The summed E-state index contributed by atoms with van der Waals surface area (Å²) in [5.74, 6) is 0.943. The van der Waals surface area contributed by atoms with Gasteiger partial charge in [-0.3, -0.25) is 0 Å². The van der Waals surface area contributed by atoms with E-state index in [1.165, 1.54) is 12.1 Å². The minimum Gasteiger partial charge on any atom is -0.492 e.